The molecule has 0 radical (unpaired) electrons. The fourth-order valence-electron chi connectivity index (χ4n) is 1.95. The van der Waals surface area contributed by atoms with Gasteiger partial charge >= 0.3 is 48.1 Å². The van der Waals surface area contributed by atoms with Gasteiger partial charge in [0.15, 0.2) is 5.78 Å². The van der Waals surface area contributed by atoms with Crippen LogP contribution >= 0.6 is 0 Å². The first kappa shape index (κ1) is 12.9. The minimum atomic E-state index is -0.268. The summed E-state index contributed by atoms with van der Waals surface area (Å²) >= 11 is 0.781. The Bertz CT molecular complexity index is 729. The summed E-state index contributed by atoms with van der Waals surface area (Å²) in [6.07, 6.45) is 1.17. The molecule has 0 unspecified atom stereocenters. The Morgan fingerprint density at radius 1 is 0.800 bits per heavy atom. The van der Waals surface area contributed by atoms with Crippen LogP contribution in [0, 0.1) is 0 Å². The van der Waals surface area contributed by atoms with Crippen molar-refractivity contribution in [3.63, 3.8) is 0 Å². The standard InChI is InChI=1S/C10H7NO2.C6H4Se/c11-8-5-9(12)6-3-1-2-4-7(6)10(8)13;1-2-4-6-5(3-1)7-6/h1-5H,11H2;1-4H. The molecular weight excluding hydrogens is 317 g/mol. The minimum absolute atomic E-state index is 0.0173. The summed E-state index contributed by atoms with van der Waals surface area (Å²) in [4.78, 5) is 22.7. The van der Waals surface area contributed by atoms with Crippen molar-refractivity contribution in [1.82, 2.24) is 0 Å². The molecule has 1 heterocycles. The number of fused-ring (bicyclic) bond motifs is 2. The van der Waals surface area contributed by atoms with Gasteiger partial charge in [-0.2, -0.15) is 0 Å². The average molecular weight is 328 g/mol. The first-order chi connectivity index (χ1) is 9.66. The number of ketones is 2. The number of rotatable bonds is 0. The molecule has 0 saturated heterocycles. The van der Waals surface area contributed by atoms with Gasteiger partial charge in [0.1, 0.15) is 0 Å². The van der Waals surface area contributed by atoms with Crippen molar-refractivity contribution in [2.24, 2.45) is 5.73 Å². The number of hydrogen-bond acceptors (Lipinski definition) is 3. The van der Waals surface area contributed by atoms with E-state index in [1.54, 1.807) is 33.2 Å². The number of nitrogens with two attached hydrogens (primary N) is 1. The zero-order chi connectivity index (χ0) is 14.1. The molecule has 4 heteroatoms. The third-order valence-corrected chi connectivity index (χ3v) is 5.00. The summed E-state index contributed by atoms with van der Waals surface area (Å²) in [6.45, 7) is 0. The molecule has 3 nitrogen and oxygen atoms in total. The summed E-state index contributed by atoms with van der Waals surface area (Å²) < 4.78 is 3.19. The fourth-order valence-corrected chi connectivity index (χ4v) is 3.24. The molecule has 1 aliphatic heterocycles. The number of allylic oxidation sites excluding steroid dienone is 2. The van der Waals surface area contributed by atoms with E-state index in [-0.39, 0.29) is 17.3 Å². The van der Waals surface area contributed by atoms with Crippen LogP contribution in [0.15, 0.2) is 60.3 Å². The van der Waals surface area contributed by atoms with Crippen molar-refractivity contribution < 1.29 is 9.59 Å². The molecule has 0 aromatic heterocycles. The normalized spacial score (nSPS) is 14.5. The van der Waals surface area contributed by atoms with Crippen LogP contribution in [-0.2, 0) is 0 Å². The molecule has 0 amide bonds. The van der Waals surface area contributed by atoms with E-state index in [2.05, 4.69) is 24.3 Å². The van der Waals surface area contributed by atoms with E-state index in [1.807, 2.05) is 0 Å². The van der Waals surface area contributed by atoms with Crippen LogP contribution in [0.1, 0.15) is 20.7 Å². The first-order valence-electron chi connectivity index (χ1n) is 6.09. The van der Waals surface area contributed by atoms with E-state index in [9.17, 15) is 9.59 Å². The van der Waals surface area contributed by atoms with Gasteiger partial charge < -0.3 is 5.73 Å². The van der Waals surface area contributed by atoms with Gasteiger partial charge in [0.05, 0.1) is 5.70 Å². The molecule has 0 atom stereocenters. The van der Waals surface area contributed by atoms with Crippen molar-refractivity contribution >= 4 is 35.4 Å². The van der Waals surface area contributed by atoms with Gasteiger partial charge in [0.2, 0.25) is 5.78 Å². The molecular formula is C16H11NO2Se. The Morgan fingerprint density at radius 2 is 1.35 bits per heavy atom. The Morgan fingerprint density at radius 3 is 1.95 bits per heavy atom. The first-order valence-corrected chi connectivity index (χ1v) is 7.80. The van der Waals surface area contributed by atoms with E-state index < -0.39 is 0 Å². The van der Waals surface area contributed by atoms with Crippen LogP contribution in [0.25, 0.3) is 0 Å². The summed E-state index contributed by atoms with van der Waals surface area (Å²) in [6, 6.07) is 15.3. The molecule has 0 saturated carbocycles. The molecule has 0 spiro atoms. The van der Waals surface area contributed by atoms with Gasteiger partial charge in [0.25, 0.3) is 0 Å². The predicted molar refractivity (Wildman–Crippen MR) is 78.8 cm³/mol. The Hall–Kier alpha value is -2.16. The monoisotopic (exact) mass is 329 g/mol. The Labute approximate surface area is 122 Å². The molecule has 1 aliphatic carbocycles. The molecule has 2 aliphatic rings. The van der Waals surface area contributed by atoms with Crippen molar-refractivity contribution in [3.8, 4) is 0 Å². The molecule has 0 fully saturated rings. The summed E-state index contributed by atoms with van der Waals surface area (Å²) in [7, 11) is 0. The Balaban J connectivity index is 0.000000144. The van der Waals surface area contributed by atoms with E-state index in [4.69, 9.17) is 5.73 Å². The number of benzene rings is 2. The maximum absolute atomic E-state index is 11.4. The number of Topliss-reactive ketones (excluding diaryl/α,β-unsaturated/α-hetero) is 1. The van der Waals surface area contributed by atoms with E-state index in [0.717, 1.165) is 15.0 Å². The van der Waals surface area contributed by atoms with Gasteiger partial charge in [0, 0.05) is 17.2 Å². The summed E-state index contributed by atoms with van der Waals surface area (Å²) in [5, 5.41) is 0. The van der Waals surface area contributed by atoms with Crippen LogP contribution in [-0.4, -0.2) is 26.5 Å². The van der Waals surface area contributed by atoms with Crippen molar-refractivity contribution in [3.05, 3.63) is 71.4 Å². The SMILES string of the molecule is NC1=CC(=O)c2ccccc2C1=O.c1ccc2c(c1)[Se]2. The second-order valence-corrected chi connectivity index (χ2v) is 6.66. The van der Waals surface area contributed by atoms with Gasteiger partial charge in [-0.25, -0.2) is 0 Å². The molecule has 2 aromatic carbocycles. The number of carbonyl (C=O) groups is 2. The Kier molecular flexibility index (Phi) is 3.26. The predicted octanol–water partition coefficient (Wildman–Crippen LogP) is 0.563. The third-order valence-electron chi connectivity index (χ3n) is 3.01. The topological polar surface area (TPSA) is 60.2 Å². The van der Waals surface area contributed by atoms with Gasteiger partial charge in [-0.1, -0.05) is 24.3 Å². The second-order valence-electron chi connectivity index (χ2n) is 4.39. The molecule has 0 bridgehead atoms. The van der Waals surface area contributed by atoms with E-state index in [1.165, 1.54) is 6.08 Å². The zero-order valence-corrected chi connectivity index (χ0v) is 12.2. The summed E-state index contributed by atoms with van der Waals surface area (Å²) in [5.74, 6) is -0.470. The van der Waals surface area contributed by atoms with Crippen molar-refractivity contribution in [2.45, 2.75) is 0 Å². The van der Waals surface area contributed by atoms with Crippen LogP contribution in [0.4, 0.5) is 0 Å². The zero-order valence-electron chi connectivity index (χ0n) is 10.5. The van der Waals surface area contributed by atoms with Gasteiger partial charge in [-0.15, -0.1) is 0 Å². The quantitative estimate of drug-likeness (QED) is 0.614. The second kappa shape index (κ2) is 5.08. The van der Waals surface area contributed by atoms with Crippen LogP contribution in [0.5, 0.6) is 0 Å². The van der Waals surface area contributed by atoms with Gasteiger partial charge in [-0.05, 0) is 0 Å². The van der Waals surface area contributed by atoms with E-state index in [0.29, 0.717) is 11.1 Å². The third kappa shape index (κ3) is 2.44. The summed E-state index contributed by atoms with van der Waals surface area (Å²) in [5.41, 5.74) is 6.22. The van der Waals surface area contributed by atoms with Crippen LogP contribution < -0.4 is 14.7 Å². The average Bonchev–Trinajstić information content (AvgIpc) is 3.25. The van der Waals surface area contributed by atoms with E-state index >= 15 is 0 Å². The molecule has 98 valence electrons. The number of carbonyl (C=O) groups excluding carboxylic acids is 2. The molecule has 2 N–H and O–H groups in total. The molecule has 2 aromatic rings. The fraction of sp³-hybridized carbons (Fsp3) is 0. The van der Waals surface area contributed by atoms with Gasteiger partial charge in [-0.3, -0.25) is 9.59 Å². The molecule has 20 heavy (non-hydrogen) atoms. The number of hydrogen-bond donors (Lipinski definition) is 1. The van der Waals surface area contributed by atoms with Crippen molar-refractivity contribution in [2.75, 3.05) is 0 Å². The van der Waals surface area contributed by atoms with Crippen molar-refractivity contribution in [1.29, 1.82) is 0 Å². The maximum atomic E-state index is 11.4. The molecule has 4 rings (SSSR count). The van der Waals surface area contributed by atoms with Crippen LogP contribution in [0.2, 0.25) is 0 Å². The van der Waals surface area contributed by atoms with Crippen LogP contribution in [0.3, 0.4) is 0 Å².